The van der Waals surface area contributed by atoms with E-state index < -0.39 is 113 Å². The van der Waals surface area contributed by atoms with Gasteiger partial charge in [0.05, 0.1) is 66.8 Å². The lowest BCUT2D eigenvalue weighted by Gasteiger charge is -2.19. The van der Waals surface area contributed by atoms with Crippen molar-refractivity contribution in [2.75, 3.05) is 0 Å². The lowest BCUT2D eigenvalue weighted by Crippen LogP contribution is -2.25. The lowest BCUT2D eigenvalue weighted by molar-refractivity contribution is -0.141. The van der Waals surface area contributed by atoms with Crippen molar-refractivity contribution in [3.8, 4) is 48.6 Å². The average Bonchev–Trinajstić information content (AvgIpc) is 3.05. The van der Waals surface area contributed by atoms with Crippen LogP contribution in [0.15, 0.2) is 24.3 Å². The van der Waals surface area contributed by atoms with Gasteiger partial charge in [-0.3, -0.25) is 0 Å². The second-order valence-corrected chi connectivity index (χ2v) is 9.74. The van der Waals surface area contributed by atoms with Gasteiger partial charge in [0.25, 0.3) is 0 Å². The van der Waals surface area contributed by atoms with E-state index in [1.165, 1.54) is 12.1 Å². The molecule has 0 spiro atoms. The number of halogens is 12. The van der Waals surface area contributed by atoms with Crippen molar-refractivity contribution in [3.63, 3.8) is 0 Å². The van der Waals surface area contributed by atoms with E-state index in [1.54, 1.807) is 0 Å². The minimum atomic E-state index is -5.79. The Morgan fingerprint density at radius 2 is 0.654 bits per heavy atom. The molecule has 0 saturated heterocycles. The topological polar surface area (TPSA) is 190 Å². The van der Waals surface area contributed by atoms with Crippen molar-refractivity contribution in [3.05, 3.63) is 101 Å². The van der Waals surface area contributed by atoms with E-state index in [0.29, 0.717) is 12.1 Å². The molecular weight excluding hydrogens is 724 g/mol. The molecule has 0 fully saturated rings. The van der Waals surface area contributed by atoms with Crippen LogP contribution in [0, 0.1) is 90.6 Å². The first-order valence-electron chi connectivity index (χ1n) is 12.9. The van der Waals surface area contributed by atoms with Crippen LogP contribution in [-0.4, -0.2) is 0 Å². The number of hydrogen-bond acceptors (Lipinski definition) is 8. The molecule has 0 amide bonds. The fourth-order valence-electron chi connectivity index (χ4n) is 5.03. The highest BCUT2D eigenvalue weighted by atomic mass is 19.4. The predicted octanol–water partition coefficient (Wildman–Crippen LogP) is 6.44. The molecule has 8 nitrogen and oxygen atoms in total. The first-order chi connectivity index (χ1) is 24.0. The van der Waals surface area contributed by atoms with Gasteiger partial charge in [0.2, 0.25) is 0 Å². The molecule has 0 saturated carbocycles. The third-order valence-corrected chi connectivity index (χ3v) is 7.01. The number of nitrogens with zero attached hydrogens (tertiary/aromatic N) is 8. The van der Waals surface area contributed by atoms with Gasteiger partial charge >= 0.3 is 24.7 Å². The molecule has 0 heterocycles. The molecule has 0 bridgehead atoms. The van der Waals surface area contributed by atoms with Crippen LogP contribution >= 0.6 is 0 Å². The number of nitriles is 8. The SMILES string of the molecule is N#C/C(c1cc(C(F)(F)F)c(C#N)c(C#N)c1C(F)(F)F)=c1/cc/c(=C(/C#N)c2cc(C(F)(F)F)c(C#N)c(C#N)c2C(F)(F)F)c(C#N)c1C#N. The number of hydrogen-bond donors (Lipinski definition) is 0. The Morgan fingerprint density at radius 1 is 0.385 bits per heavy atom. The molecule has 0 radical (unpaired) electrons. The smallest absolute Gasteiger partial charge is 0.192 e. The van der Waals surface area contributed by atoms with Crippen LogP contribution in [0.3, 0.4) is 0 Å². The van der Waals surface area contributed by atoms with E-state index in [-0.39, 0.29) is 12.1 Å². The minimum absolute atomic E-state index is 0.344. The van der Waals surface area contributed by atoms with Crippen LogP contribution in [0.4, 0.5) is 52.7 Å². The van der Waals surface area contributed by atoms with E-state index in [2.05, 4.69) is 0 Å². The number of alkyl halides is 12. The van der Waals surface area contributed by atoms with E-state index in [9.17, 15) is 94.8 Å². The highest BCUT2D eigenvalue weighted by Crippen LogP contribution is 2.45. The van der Waals surface area contributed by atoms with Crippen LogP contribution in [0.1, 0.15) is 66.8 Å². The number of rotatable bonds is 2. The summed E-state index contributed by atoms with van der Waals surface area (Å²) in [4.78, 5) is 0. The molecule has 3 aromatic carbocycles. The quantitative estimate of drug-likeness (QED) is 0.269. The Bertz CT molecular complexity index is 2370. The Balaban J connectivity index is 2.85. The van der Waals surface area contributed by atoms with Crippen molar-refractivity contribution in [2.24, 2.45) is 0 Å². The third-order valence-electron chi connectivity index (χ3n) is 7.01. The van der Waals surface area contributed by atoms with Gasteiger partial charge in [0.15, 0.2) is 0 Å². The van der Waals surface area contributed by atoms with Gasteiger partial charge in [0.1, 0.15) is 48.6 Å². The predicted molar refractivity (Wildman–Crippen MR) is 143 cm³/mol. The Kier molecular flexibility index (Phi) is 10.0. The maximum absolute atomic E-state index is 14.3. The zero-order valence-electron chi connectivity index (χ0n) is 24.4. The van der Waals surface area contributed by atoms with Crippen molar-refractivity contribution in [1.82, 2.24) is 0 Å². The zero-order valence-corrected chi connectivity index (χ0v) is 24.4. The first-order valence-corrected chi connectivity index (χ1v) is 12.9. The first kappa shape index (κ1) is 38.9. The van der Waals surface area contributed by atoms with Gasteiger partial charge in [-0.1, -0.05) is 12.1 Å². The lowest BCUT2D eigenvalue weighted by atomic mass is 9.85. The molecule has 0 unspecified atom stereocenters. The van der Waals surface area contributed by atoms with E-state index in [0.717, 1.165) is 36.4 Å². The molecule has 20 heteroatoms. The molecule has 0 aliphatic heterocycles. The summed E-state index contributed by atoms with van der Waals surface area (Å²) in [6.45, 7) is 0. The largest absolute Gasteiger partial charge is 0.418 e. The molecule has 3 aromatic rings. The van der Waals surface area contributed by atoms with Gasteiger partial charge in [-0.05, 0) is 12.1 Å². The summed E-state index contributed by atoms with van der Waals surface area (Å²) in [5.41, 5.74) is -25.4. The van der Waals surface area contributed by atoms with Gasteiger partial charge in [-0.15, -0.1) is 0 Å². The van der Waals surface area contributed by atoms with Gasteiger partial charge in [-0.25, -0.2) is 0 Å². The average molecular weight is 728 g/mol. The fourth-order valence-corrected chi connectivity index (χ4v) is 5.03. The summed E-state index contributed by atoms with van der Waals surface area (Å²) in [5.74, 6) is 0. The maximum Gasteiger partial charge on any atom is 0.418 e. The van der Waals surface area contributed by atoms with Gasteiger partial charge in [0, 0.05) is 21.6 Å². The van der Waals surface area contributed by atoms with Crippen LogP contribution in [-0.2, 0) is 24.7 Å². The highest BCUT2D eigenvalue weighted by molar-refractivity contribution is 5.85. The normalized spacial score (nSPS) is 12.7. The fraction of sp³-hybridized carbons (Fsp3) is 0.125. The Hall–Kier alpha value is -7.52. The van der Waals surface area contributed by atoms with E-state index >= 15 is 0 Å². The zero-order chi connectivity index (χ0) is 39.7. The second kappa shape index (κ2) is 13.4. The van der Waals surface area contributed by atoms with Crippen molar-refractivity contribution in [1.29, 1.82) is 42.1 Å². The summed E-state index contributed by atoms with van der Waals surface area (Å²) in [5, 5.41) is 74.6. The van der Waals surface area contributed by atoms with Crippen molar-refractivity contribution in [2.45, 2.75) is 24.7 Å². The number of benzene rings is 3. The molecule has 256 valence electrons. The molecule has 3 rings (SSSR count). The molecule has 0 aliphatic carbocycles. The summed E-state index contributed by atoms with van der Waals surface area (Å²) in [6.07, 6.45) is -22.9. The van der Waals surface area contributed by atoms with E-state index in [4.69, 9.17) is 0 Å². The Labute approximate surface area is 280 Å². The standard InChI is InChI=1S/C32H4F12N8/c33-29(34,35)25-3-15(27(31(39,40)41)23(11-51)21(25)9-49)17(5-45)13-1-2-14(20(8-48)19(13)7-47)18(6-46)16-4-26(30(36,37)38)22(10-50)24(12-52)28(16)32(42,43)44/h1-4H/b17-13+,18-14+. The molecule has 0 N–H and O–H groups in total. The summed E-state index contributed by atoms with van der Waals surface area (Å²) in [7, 11) is 0. The van der Waals surface area contributed by atoms with Gasteiger partial charge < -0.3 is 0 Å². The van der Waals surface area contributed by atoms with Crippen LogP contribution < -0.4 is 10.4 Å². The van der Waals surface area contributed by atoms with E-state index in [1.807, 2.05) is 0 Å². The van der Waals surface area contributed by atoms with Crippen molar-refractivity contribution >= 4 is 11.1 Å². The summed E-state index contributed by atoms with van der Waals surface area (Å²) in [6, 6.07) is 7.98. The molecular formula is C32H4F12N8. The van der Waals surface area contributed by atoms with Crippen LogP contribution in [0.2, 0.25) is 0 Å². The molecule has 0 atom stereocenters. The highest BCUT2D eigenvalue weighted by Gasteiger charge is 2.45. The van der Waals surface area contributed by atoms with Gasteiger partial charge in [-0.2, -0.15) is 94.8 Å². The summed E-state index contributed by atoms with van der Waals surface area (Å²) >= 11 is 0. The van der Waals surface area contributed by atoms with Crippen LogP contribution in [0.5, 0.6) is 0 Å². The molecule has 52 heavy (non-hydrogen) atoms. The monoisotopic (exact) mass is 728 g/mol. The van der Waals surface area contributed by atoms with Crippen LogP contribution in [0.25, 0.3) is 11.1 Å². The molecule has 0 aromatic heterocycles. The Morgan fingerprint density at radius 3 is 0.846 bits per heavy atom. The maximum atomic E-state index is 14.3. The minimum Gasteiger partial charge on any atom is -0.192 e. The third kappa shape index (κ3) is 6.57. The second-order valence-electron chi connectivity index (χ2n) is 9.74. The molecule has 0 aliphatic rings. The summed E-state index contributed by atoms with van der Waals surface area (Å²) < 4.78 is 169. The van der Waals surface area contributed by atoms with Crippen molar-refractivity contribution < 1.29 is 52.7 Å².